The first kappa shape index (κ1) is 16.1. The first-order valence-corrected chi connectivity index (χ1v) is 8.67. The lowest BCUT2D eigenvalue weighted by molar-refractivity contribution is 0.579. The van der Waals surface area contributed by atoms with E-state index in [-0.39, 0.29) is 23.5 Å². The maximum absolute atomic E-state index is 13.4. The third-order valence-electron chi connectivity index (χ3n) is 3.20. The number of rotatable bonds is 5. The van der Waals surface area contributed by atoms with E-state index in [9.17, 15) is 12.8 Å². The minimum absolute atomic E-state index is 0.0225. The van der Waals surface area contributed by atoms with E-state index in [1.165, 1.54) is 12.1 Å². The zero-order chi connectivity index (χ0) is 15.6. The summed E-state index contributed by atoms with van der Waals surface area (Å²) < 4.78 is 40.3. The Morgan fingerprint density at radius 1 is 1.29 bits per heavy atom. The molecule has 4 nitrogen and oxygen atoms in total. The summed E-state index contributed by atoms with van der Waals surface area (Å²) in [6, 6.07) is 5.58. The van der Waals surface area contributed by atoms with Gasteiger partial charge < -0.3 is 5.73 Å². The van der Waals surface area contributed by atoms with Gasteiger partial charge in [0.25, 0.3) is 0 Å². The van der Waals surface area contributed by atoms with E-state index in [1.807, 2.05) is 19.9 Å². The van der Waals surface area contributed by atoms with E-state index in [0.29, 0.717) is 0 Å². The summed E-state index contributed by atoms with van der Waals surface area (Å²) in [7, 11) is -3.68. The first-order valence-electron chi connectivity index (χ1n) is 6.37. The van der Waals surface area contributed by atoms with Crippen molar-refractivity contribution in [3.63, 3.8) is 0 Å². The second kappa shape index (κ2) is 6.23. The molecule has 0 amide bonds. The number of thiophene rings is 1. The number of hydrogen-bond acceptors (Lipinski definition) is 4. The van der Waals surface area contributed by atoms with Crippen LogP contribution in [0.25, 0.3) is 0 Å². The highest BCUT2D eigenvalue weighted by Crippen LogP contribution is 2.21. The van der Waals surface area contributed by atoms with Crippen LogP contribution in [0, 0.1) is 19.7 Å². The van der Waals surface area contributed by atoms with Gasteiger partial charge in [-0.15, -0.1) is 11.3 Å². The molecule has 21 heavy (non-hydrogen) atoms. The Hall–Kier alpha value is -1.28. The molecule has 0 saturated heterocycles. The van der Waals surface area contributed by atoms with Crippen molar-refractivity contribution in [2.24, 2.45) is 5.73 Å². The number of hydrogen-bond donors (Lipinski definition) is 2. The average molecular weight is 328 g/mol. The van der Waals surface area contributed by atoms with Crippen LogP contribution in [0.1, 0.15) is 20.9 Å². The SMILES string of the molecule is Cc1cc(CNS(=O)(=O)c2ccc(F)c(CN)c2)sc1C. The van der Waals surface area contributed by atoms with E-state index in [2.05, 4.69) is 4.72 Å². The minimum atomic E-state index is -3.68. The normalized spacial score (nSPS) is 11.8. The van der Waals surface area contributed by atoms with Crippen molar-refractivity contribution < 1.29 is 12.8 Å². The fourth-order valence-electron chi connectivity index (χ4n) is 1.86. The lowest BCUT2D eigenvalue weighted by Crippen LogP contribution is -2.23. The first-order chi connectivity index (χ1) is 9.83. The molecule has 0 aliphatic carbocycles. The zero-order valence-electron chi connectivity index (χ0n) is 11.8. The summed E-state index contributed by atoms with van der Waals surface area (Å²) in [4.78, 5) is 2.13. The fraction of sp³-hybridized carbons (Fsp3) is 0.286. The highest BCUT2D eigenvalue weighted by Gasteiger charge is 2.16. The summed E-state index contributed by atoms with van der Waals surface area (Å²) in [6.45, 7) is 4.15. The number of nitrogens with two attached hydrogens (primary N) is 1. The third kappa shape index (κ3) is 3.68. The van der Waals surface area contributed by atoms with Crippen molar-refractivity contribution in [2.75, 3.05) is 0 Å². The highest BCUT2D eigenvalue weighted by atomic mass is 32.2. The van der Waals surface area contributed by atoms with Crippen LogP contribution in [0.2, 0.25) is 0 Å². The van der Waals surface area contributed by atoms with Crippen LogP contribution in [-0.4, -0.2) is 8.42 Å². The van der Waals surface area contributed by atoms with Gasteiger partial charge in [0.2, 0.25) is 10.0 Å². The molecule has 0 saturated carbocycles. The molecular weight excluding hydrogens is 311 g/mol. The highest BCUT2D eigenvalue weighted by molar-refractivity contribution is 7.89. The molecule has 0 bridgehead atoms. The molecule has 0 fully saturated rings. The Balaban J connectivity index is 2.18. The molecule has 1 aromatic heterocycles. The van der Waals surface area contributed by atoms with Crippen molar-refractivity contribution in [1.82, 2.24) is 4.72 Å². The van der Waals surface area contributed by atoms with Gasteiger partial charge in [-0.3, -0.25) is 0 Å². The van der Waals surface area contributed by atoms with Crippen LogP contribution in [0.3, 0.4) is 0 Å². The van der Waals surface area contributed by atoms with Gasteiger partial charge in [0.15, 0.2) is 0 Å². The van der Waals surface area contributed by atoms with Crippen LogP contribution >= 0.6 is 11.3 Å². The standard InChI is InChI=1S/C14H17FN2O2S2/c1-9-5-12(20-10(9)2)8-17-21(18,19)13-3-4-14(15)11(6-13)7-16/h3-6,17H,7-8,16H2,1-2H3. The Labute approximate surface area is 127 Å². The van der Waals surface area contributed by atoms with Crippen LogP contribution < -0.4 is 10.5 Å². The molecule has 0 aliphatic heterocycles. The van der Waals surface area contributed by atoms with Crippen LogP contribution in [0.15, 0.2) is 29.2 Å². The third-order valence-corrected chi connectivity index (χ3v) is 5.75. The number of sulfonamides is 1. The summed E-state index contributed by atoms with van der Waals surface area (Å²) in [5.41, 5.74) is 6.72. The molecule has 0 atom stereocenters. The molecular formula is C14H17FN2O2S2. The summed E-state index contributed by atoms with van der Waals surface area (Å²) in [5.74, 6) is -0.499. The van der Waals surface area contributed by atoms with Gasteiger partial charge in [-0.05, 0) is 43.7 Å². The Kier molecular flexibility index (Phi) is 4.77. The molecule has 2 rings (SSSR count). The maximum Gasteiger partial charge on any atom is 0.240 e. The molecule has 3 N–H and O–H groups in total. The minimum Gasteiger partial charge on any atom is -0.326 e. The van der Waals surface area contributed by atoms with Gasteiger partial charge in [-0.2, -0.15) is 0 Å². The largest absolute Gasteiger partial charge is 0.326 e. The van der Waals surface area contributed by atoms with Gasteiger partial charge in [0.05, 0.1) is 4.90 Å². The Morgan fingerprint density at radius 2 is 2.00 bits per heavy atom. The maximum atomic E-state index is 13.4. The molecule has 0 spiro atoms. The molecule has 1 heterocycles. The average Bonchev–Trinajstić information content (AvgIpc) is 2.76. The summed E-state index contributed by atoms with van der Waals surface area (Å²) in [6.07, 6.45) is 0. The second-order valence-electron chi connectivity index (χ2n) is 4.73. The van der Waals surface area contributed by atoms with Crippen molar-refractivity contribution in [3.05, 3.63) is 51.0 Å². The van der Waals surface area contributed by atoms with Crippen LogP contribution in [-0.2, 0) is 23.1 Å². The lowest BCUT2D eigenvalue weighted by atomic mass is 10.2. The Morgan fingerprint density at radius 3 is 2.57 bits per heavy atom. The molecule has 0 unspecified atom stereocenters. The van der Waals surface area contributed by atoms with Gasteiger partial charge in [-0.25, -0.2) is 17.5 Å². The molecule has 114 valence electrons. The van der Waals surface area contributed by atoms with E-state index in [0.717, 1.165) is 21.4 Å². The molecule has 7 heteroatoms. The predicted octanol–water partition coefficient (Wildman–Crippen LogP) is 2.44. The number of nitrogens with one attached hydrogen (secondary N) is 1. The summed E-state index contributed by atoms with van der Waals surface area (Å²) in [5, 5.41) is 0. The van der Waals surface area contributed by atoms with Gasteiger partial charge in [-0.1, -0.05) is 0 Å². The van der Waals surface area contributed by atoms with Crippen LogP contribution in [0.5, 0.6) is 0 Å². The van der Waals surface area contributed by atoms with Crippen molar-refractivity contribution >= 4 is 21.4 Å². The predicted molar refractivity (Wildman–Crippen MR) is 82.1 cm³/mol. The van der Waals surface area contributed by atoms with Gasteiger partial charge >= 0.3 is 0 Å². The van der Waals surface area contributed by atoms with Crippen molar-refractivity contribution in [3.8, 4) is 0 Å². The number of benzene rings is 1. The lowest BCUT2D eigenvalue weighted by Gasteiger charge is -2.07. The van der Waals surface area contributed by atoms with E-state index in [1.54, 1.807) is 11.3 Å². The van der Waals surface area contributed by atoms with Crippen LogP contribution in [0.4, 0.5) is 4.39 Å². The summed E-state index contributed by atoms with van der Waals surface area (Å²) >= 11 is 1.55. The smallest absolute Gasteiger partial charge is 0.240 e. The van der Waals surface area contributed by atoms with E-state index in [4.69, 9.17) is 5.73 Å². The zero-order valence-corrected chi connectivity index (χ0v) is 13.4. The molecule has 2 aromatic rings. The number of aryl methyl sites for hydroxylation is 2. The fourth-order valence-corrected chi connectivity index (χ4v) is 4.00. The van der Waals surface area contributed by atoms with E-state index >= 15 is 0 Å². The molecule has 0 aliphatic rings. The topological polar surface area (TPSA) is 72.2 Å². The monoisotopic (exact) mass is 328 g/mol. The molecule has 0 radical (unpaired) electrons. The van der Waals surface area contributed by atoms with Gasteiger partial charge in [0, 0.05) is 28.4 Å². The van der Waals surface area contributed by atoms with E-state index < -0.39 is 15.8 Å². The number of halogens is 1. The van der Waals surface area contributed by atoms with Crippen molar-refractivity contribution in [1.29, 1.82) is 0 Å². The molecule has 1 aromatic carbocycles. The Bertz CT molecular complexity index is 735. The van der Waals surface area contributed by atoms with Crippen molar-refractivity contribution in [2.45, 2.75) is 31.8 Å². The second-order valence-corrected chi connectivity index (χ2v) is 7.84. The quantitative estimate of drug-likeness (QED) is 0.885. The van der Waals surface area contributed by atoms with Gasteiger partial charge in [0.1, 0.15) is 5.82 Å².